The summed E-state index contributed by atoms with van der Waals surface area (Å²) in [6, 6.07) is 0. The van der Waals surface area contributed by atoms with Crippen molar-refractivity contribution in [3.63, 3.8) is 0 Å². The van der Waals surface area contributed by atoms with Crippen molar-refractivity contribution in [2.45, 2.75) is 25.7 Å². The number of hydrogen-bond donors (Lipinski definition) is 1. The molecule has 5 heteroatoms. The van der Waals surface area contributed by atoms with Gasteiger partial charge in [0.15, 0.2) is 0 Å². The van der Waals surface area contributed by atoms with Crippen molar-refractivity contribution in [3.05, 3.63) is 11.6 Å². The van der Waals surface area contributed by atoms with Gasteiger partial charge in [-0.25, -0.2) is 13.1 Å². The molecule has 0 aliphatic heterocycles. The van der Waals surface area contributed by atoms with Gasteiger partial charge >= 0.3 is 0 Å². The van der Waals surface area contributed by atoms with Crippen molar-refractivity contribution in [1.82, 2.24) is 4.72 Å². The molecule has 0 amide bonds. The van der Waals surface area contributed by atoms with Crippen LogP contribution in [0.25, 0.3) is 0 Å². The molecule has 0 aromatic rings. The molecule has 0 fully saturated rings. The van der Waals surface area contributed by atoms with E-state index in [1.54, 1.807) is 0 Å². The monoisotopic (exact) mass is 223 g/mol. The summed E-state index contributed by atoms with van der Waals surface area (Å²) < 4.78 is 24.3. The average molecular weight is 224 g/mol. The molecule has 0 saturated carbocycles. The van der Waals surface area contributed by atoms with Crippen molar-refractivity contribution in [2.75, 3.05) is 11.8 Å². The van der Waals surface area contributed by atoms with Crippen LogP contribution in [-0.2, 0) is 10.0 Å². The second-order valence-electron chi connectivity index (χ2n) is 3.12. The zero-order chi connectivity index (χ0) is 9.73. The van der Waals surface area contributed by atoms with Gasteiger partial charge in [-0.3, -0.25) is 0 Å². The fourth-order valence-corrected chi connectivity index (χ4v) is 2.09. The quantitative estimate of drug-likeness (QED) is 0.569. The van der Waals surface area contributed by atoms with E-state index in [9.17, 15) is 8.42 Å². The Morgan fingerprint density at radius 3 is 2.85 bits per heavy atom. The van der Waals surface area contributed by atoms with Crippen LogP contribution in [0.5, 0.6) is 0 Å². The molecule has 13 heavy (non-hydrogen) atoms. The first kappa shape index (κ1) is 11.0. The van der Waals surface area contributed by atoms with E-state index in [-0.39, 0.29) is 5.21 Å². The maximum Gasteiger partial charge on any atom is 0.225 e. The highest BCUT2D eigenvalue weighted by atomic mass is 35.5. The Labute approximate surface area is 84.2 Å². The minimum atomic E-state index is -3.22. The van der Waals surface area contributed by atoms with Crippen LogP contribution in [0.15, 0.2) is 11.6 Å². The van der Waals surface area contributed by atoms with E-state index >= 15 is 0 Å². The Kier molecular flexibility index (Phi) is 4.22. The zero-order valence-electron chi connectivity index (χ0n) is 7.42. The third-order valence-corrected chi connectivity index (χ3v) is 3.84. The molecular weight excluding hydrogens is 210 g/mol. The molecule has 1 aliphatic rings. The fourth-order valence-electron chi connectivity index (χ4n) is 1.37. The third kappa shape index (κ3) is 4.11. The number of nitrogens with one attached hydrogen (secondary N) is 1. The summed E-state index contributed by atoms with van der Waals surface area (Å²) in [4.78, 5) is 0. The maximum atomic E-state index is 10.9. The molecule has 0 bridgehead atoms. The standard InChI is InChI=1S/C8H14ClNO2S/c9-7-13(11,12)10-6-5-8-3-1-2-4-8/h3,10H,1-2,4-7H2. The average Bonchev–Trinajstić information content (AvgIpc) is 2.57. The first-order chi connectivity index (χ1) is 6.14. The summed E-state index contributed by atoms with van der Waals surface area (Å²) in [5, 5.41) is -0.355. The van der Waals surface area contributed by atoms with Crippen LogP contribution in [0.4, 0.5) is 0 Å². The lowest BCUT2D eigenvalue weighted by Gasteiger charge is -2.03. The molecular formula is C8H14ClNO2S. The van der Waals surface area contributed by atoms with E-state index in [0.29, 0.717) is 6.54 Å². The maximum absolute atomic E-state index is 10.9. The smallest absolute Gasteiger partial charge is 0.214 e. The summed E-state index contributed by atoms with van der Waals surface area (Å²) in [5.74, 6) is 0. The van der Waals surface area contributed by atoms with Crippen LogP contribution in [0, 0.1) is 0 Å². The van der Waals surface area contributed by atoms with Gasteiger partial charge in [-0.2, -0.15) is 0 Å². The molecule has 0 spiro atoms. The number of halogens is 1. The molecule has 0 aromatic carbocycles. The summed E-state index contributed by atoms with van der Waals surface area (Å²) in [7, 11) is -3.22. The van der Waals surface area contributed by atoms with Gasteiger partial charge in [0.05, 0.1) is 0 Å². The van der Waals surface area contributed by atoms with E-state index in [1.165, 1.54) is 12.0 Å². The Bertz CT molecular complexity index is 285. The molecule has 0 radical (unpaired) electrons. The van der Waals surface area contributed by atoms with Crippen molar-refractivity contribution in [2.24, 2.45) is 0 Å². The summed E-state index contributed by atoms with van der Waals surface area (Å²) in [6.07, 6.45) is 6.46. The molecule has 1 N–H and O–H groups in total. The number of hydrogen-bond acceptors (Lipinski definition) is 2. The molecule has 76 valence electrons. The Morgan fingerprint density at radius 2 is 2.31 bits per heavy atom. The largest absolute Gasteiger partial charge is 0.225 e. The lowest BCUT2D eigenvalue weighted by Crippen LogP contribution is -2.25. The van der Waals surface area contributed by atoms with Crippen LogP contribution in [0.1, 0.15) is 25.7 Å². The van der Waals surface area contributed by atoms with Gasteiger partial charge in [-0.1, -0.05) is 11.6 Å². The lowest BCUT2D eigenvalue weighted by atomic mass is 10.2. The highest BCUT2D eigenvalue weighted by Gasteiger charge is 2.08. The minimum Gasteiger partial charge on any atom is -0.214 e. The normalized spacial score (nSPS) is 17.5. The lowest BCUT2D eigenvalue weighted by molar-refractivity contribution is 0.586. The molecule has 0 aromatic heterocycles. The van der Waals surface area contributed by atoms with Gasteiger partial charge in [0.1, 0.15) is 5.21 Å². The molecule has 0 heterocycles. The first-order valence-corrected chi connectivity index (χ1v) is 6.54. The van der Waals surface area contributed by atoms with E-state index < -0.39 is 10.0 Å². The first-order valence-electron chi connectivity index (χ1n) is 4.35. The molecule has 0 unspecified atom stereocenters. The predicted octanol–water partition coefficient (Wildman–Crippen LogP) is 1.60. The number of allylic oxidation sites excluding steroid dienone is 1. The van der Waals surface area contributed by atoms with E-state index in [0.717, 1.165) is 19.3 Å². The van der Waals surface area contributed by atoms with Crippen LogP contribution < -0.4 is 4.72 Å². The molecule has 1 rings (SSSR count). The Hall–Kier alpha value is -0.0600. The fraction of sp³-hybridized carbons (Fsp3) is 0.750. The van der Waals surface area contributed by atoms with E-state index in [2.05, 4.69) is 10.8 Å². The van der Waals surface area contributed by atoms with Crippen LogP contribution in [-0.4, -0.2) is 20.2 Å². The van der Waals surface area contributed by atoms with Crippen molar-refractivity contribution >= 4 is 21.6 Å². The van der Waals surface area contributed by atoms with Crippen LogP contribution in [0.2, 0.25) is 0 Å². The second-order valence-corrected chi connectivity index (χ2v) is 5.51. The number of alkyl halides is 1. The summed E-state index contributed by atoms with van der Waals surface area (Å²) in [6.45, 7) is 0.473. The third-order valence-electron chi connectivity index (χ3n) is 2.05. The Morgan fingerprint density at radius 1 is 1.54 bits per heavy atom. The highest BCUT2D eigenvalue weighted by molar-refractivity contribution is 7.90. The van der Waals surface area contributed by atoms with E-state index in [1.807, 2.05) is 0 Å². The summed E-state index contributed by atoms with van der Waals surface area (Å²) >= 11 is 5.22. The van der Waals surface area contributed by atoms with Gasteiger partial charge in [0.2, 0.25) is 10.0 Å². The molecule has 1 aliphatic carbocycles. The van der Waals surface area contributed by atoms with E-state index in [4.69, 9.17) is 11.6 Å². The molecule has 0 atom stereocenters. The Balaban J connectivity index is 2.21. The van der Waals surface area contributed by atoms with Gasteiger partial charge in [-0.15, -0.1) is 11.6 Å². The van der Waals surface area contributed by atoms with Gasteiger partial charge < -0.3 is 0 Å². The van der Waals surface area contributed by atoms with Crippen LogP contribution in [0.3, 0.4) is 0 Å². The highest BCUT2D eigenvalue weighted by Crippen LogP contribution is 2.19. The minimum absolute atomic E-state index is 0.355. The molecule has 0 saturated heterocycles. The van der Waals surface area contributed by atoms with Crippen molar-refractivity contribution < 1.29 is 8.42 Å². The van der Waals surface area contributed by atoms with Crippen molar-refractivity contribution in [1.29, 1.82) is 0 Å². The second kappa shape index (κ2) is 4.98. The van der Waals surface area contributed by atoms with Gasteiger partial charge in [-0.05, 0) is 25.7 Å². The number of sulfonamides is 1. The van der Waals surface area contributed by atoms with Crippen molar-refractivity contribution in [3.8, 4) is 0 Å². The molecule has 3 nitrogen and oxygen atoms in total. The van der Waals surface area contributed by atoms with Gasteiger partial charge in [0, 0.05) is 6.54 Å². The topological polar surface area (TPSA) is 46.2 Å². The zero-order valence-corrected chi connectivity index (χ0v) is 9.00. The summed E-state index contributed by atoms with van der Waals surface area (Å²) in [5.41, 5.74) is 1.36. The predicted molar refractivity (Wildman–Crippen MR) is 54.2 cm³/mol. The number of rotatable bonds is 5. The van der Waals surface area contributed by atoms with Gasteiger partial charge in [0.25, 0.3) is 0 Å². The van der Waals surface area contributed by atoms with Crippen LogP contribution >= 0.6 is 11.6 Å². The SMILES string of the molecule is O=S(=O)(CCl)NCCC1=CCCC1.